The van der Waals surface area contributed by atoms with Crippen molar-refractivity contribution >= 4 is 0 Å². The van der Waals surface area contributed by atoms with E-state index in [9.17, 15) is 5.11 Å². The standard InChI is InChI=1S/C17H26N2O2/c1-19-9-4-7-17(20,8-10-19)16(12-18)11-14-5-2-3-6-15(14)21-13-16/h2-3,5-6,20H,4,7-13,18H2,1H3. The van der Waals surface area contributed by atoms with Crippen molar-refractivity contribution in [1.82, 2.24) is 4.90 Å². The molecule has 0 aromatic heterocycles. The van der Waals surface area contributed by atoms with Crippen molar-refractivity contribution in [3.05, 3.63) is 29.8 Å². The third kappa shape index (κ3) is 2.56. The Morgan fingerprint density at radius 1 is 1.29 bits per heavy atom. The average Bonchev–Trinajstić information content (AvgIpc) is 2.69. The van der Waals surface area contributed by atoms with Gasteiger partial charge in [0.05, 0.1) is 12.2 Å². The molecule has 2 heterocycles. The Kier molecular flexibility index (Phi) is 3.95. The molecule has 1 aromatic rings. The van der Waals surface area contributed by atoms with E-state index < -0.39 is 5.60 Å². The molecule has 2 aliphatic heterocycles. The number of nitrogens with two attached hydrogens (primary N) is 1. The molecule has 116 valence electrons. The van der Waals surface area contributed by atoms with Crippen LogP contribution in [0.3, 0.4) is 0 Å². The van der Waals surface area contributed by atoms with Crippen LogP contribution in [0.4, 0.5) is 0 Å². The second-order valence-corrected chi connectivity index (χ2v) is 6.75. The number of hydrogen-bond donors (Lipinski definition) is 2. The normalized spacial score (nSPS) is 33.9. The van der Waals surface area contributed by atoms with Gasteiger partial charge in [0.2, 0.25) is 0 Å². The van der Waals surface area contributed by atoms with Gasteiger partial charge in [0.1, 0.15) is 5.75 Å². The summed E-state index contributed by atoms with van der Waals surface area (Å²) < 4.78 is 5.96. The maximum absolute atomic E-state index is 11.4. The average molecular weight is 290 g/mol. The lowest BCUT2D eigenvalue weighted by atomic mass is 9.64. The van der Waals surface area contributed by atoms with Gasteiger partial charge >= 0.3 is 0 Å². The van der Waals surface area contributed by atoms with Gasteiger partial charge in [0.15, 0.2) is 0 Å². The largest absolute Gasteiger partial charge is 0.493 e. The van der Waals surface area contributed by atoms with Crippen LogP contribution in [0.2, 0.25) is 0 Å². The summed E-state index contributed by atoms with van der Waals surface area (Å²) in [5.41, 5.74) is 6.21. The Labute approximate surface area is 126 Å². The topological polar surface area (TPSA) is 58.7 Å². The third-order valence-electron chi connectivity index (χ3n) is 5.42. The summed E-state index contributed by atoms with van der Waals surface area (Å²) in [5, 5.41) is 11.4. The van der Waals surface area contributed by atoms with Crippen LogP contribution in [-0.2, 0) is 6.42 Å². The second kappa shape index (κ2) is 5.59. The molecule has 1 fully saturated rings. The lowest BCUT2D eigenvalue weighted by molar-refractivity contribution is -0.115. The van der Waals surface area contributed by atoms with Gasteiger partial charge in [0, 0.05) is 18.5 Å². The number of aliphatic hydroxyl groups is 1. The highest BCUT2D eigenvalue weighted by Gasteiger charge is 2.51. The van der Waals surface area contributed by atoms with Crippen molar-refractivity contribution in [2.45, 2.75) is 31.3 Å². The first-order valence-electron chi connectivity index (χ1n) is 7.90. The summed E-state index contributed by atoms with van der Waals surface area (Å²) in [6.45, 7) is 2.93. The number of ether oxygens (including phenoxy) is 1. The number of likely N-dealkylation sites (tertiary alicyclic amines) is 1. The molecule has 21 heavy (non-hydrogen) atoms. The Balaban J connectivity index is 1.90. The Morgan fingerprint density at radius 3 is 2.90 bits per heavy atom. The van der Waals surface area contributed by atoms with Crippen molar-refractivity contribution in [2.75, 3.05) is 33.3 Å². The summed E-state index contributed by atoms with van der Waals surface area (Å²) in [7, 11) is 2.12. The number of fused-ring (bicyclic) bond motifs is 1. The van der Waals surface area contributed by atoms with Gasteiger partial charge in [-0.3, -0.25) is 0 Å². The molecular formula is C17H26N2O2. The minimum Gasteiger partial charge on any atom is -0.493 e. The third-order valence-corrected chi connectivity index (χ3v) is 5.42. The van der Waals surface area contributed by atoms with Gasteiger partial charge < -0.3 is 20.5 Å². The molecule has 2 aliphatic rings. The van der Waals surface area contributed by atoms with Crippen molar-refractivity contribution in [1.29, 1.82) is 0 Å². The first kappa shape index (κ1) is 14.8. The first-order chi connectivity index (χ1) is 10.1. The van der Waals surface area contributed by atoms with Crippen LogP contribution in [0.5, 0.6) is 5.75 Å². The smallest absolute Gasteiger partial charge is 0.122 e. The number of nitrogens with zero attached hydrogens (tertiary/aromatic N) is 1. The molecule has 0 saturated carbocycles. The van der Waals surface area contributed by atoms with Gasteiger partial charge in [-0.05, 0) is 50.9 Å². The van der Waals surface area contributed by atoms with Crippen LogP contribution in [-0.4, -0.2) is 48.9 Å². The number of hydrogen-bond acceptors (Lipinski definition) is 4. The Bertz CT molecular complexity index is 507. The molecule has 0 spiro atoms. The van der Waals surface area contributed by atoms with Crippen LogP contribution >= 0.6 is 0 Å². The summed E-state index contributed by atoms with van der Waals surface area (Å²) in [6.07, 6.45) is 3.39. The highest BCUT2D eigenvalue weighted by Crippen LogP contribution is 2.45. The van der Waals surface area contributed by atoms with Crippen LogP contribution in [0.15, 0.2) is 24.3 Å². The lowest BCUT2D eigenvalue weighted by Gasteiger charge is -2.48. The SMILES string of the molecule is CN1CCCC(O)(C2(CN)COc3ccccc3C2)CC1. The molecule has 3 rings (SSSR count). The zero-order valence-corrected chi connectivity index (χ0v) is 12.8. The van der Waals surface area contributed by atoms with E-state index in [0.29, 0.717) is 13.2 Å². The molecule has 0 amide bonds. The fraction of sp³-hybridized carbons (Fsp3) is 0.647. The molecule has 2 unspecified atom stereocenters. The maximum atomic E-state index is 11.4. The summed E-state index contributed by atoms with van der Waals surface area (Å²) in [6, 6.07) is 8.11. The van der Waals surface area contributed by atoms with Gasteiger partial charge in [-0.15, -0.1) is 0 Å². The molecule has 4 nitrogen and oxygen atoms in total. The summed E-state index contributed by atoms with van der Waals surface area (Å²) >= 11 is 0. The highest BCUT2D eigenvalue weighted by atomic mass is 16.5. The first-order valence-corrected chi connectivity index (χ1v) is 7.90. The van der Waals surface area contributed by atoms with Crippen LogP contribution in [0.1, 0.15) is 24.8 Å². The summed E-state index contributed by atoms with van der Waals surface area (Å²) in [4.78, 5) is 2.29. The highest BCUT2D eigenvalue weighted by molar-refractivity contribution is 5.37. The van der Waals surface area contributed by atoms with Crippen molar-refractivity contribution in [2.24, 2.45) is 11.1 Å². The monoisotopic (exact) mass is 290 g/mol. The molecule has 4 heteroatoms. The van der Waals surface area contributed by atoms with E-state index in [1.165, 1.54) is 5.56 Å². The van der Waals surface area contributed by atoms with Crippen molar-refractivity contribution in [3.63, 3.8) is 0 Å². The second-order valence-electron chi connectivity index (χ2n) is 6.75. The number of benzene rings is 1. The quantitative estimate of drug-likeness (QED) is 0.865. The molecule has 0 bridgehead atoms. The van der Waals surface area contributed by atoms with Crippen molar-refractivity contribution < 1.29 is 9.84 Å². The molecule has 1 aromatic carbocycles. The van der Waals surface area contributed by atoms with E-state index in [1.54, 1.807) is 0 Å². The molecule has 2 atom stereocenters. The predicted octanol–water partition coefficient (Wildman–Crippen LogP) is 1.41. The number of rotatable bonds is 2. The van der Waals surface area contributed by atoms with E-state index in [-0.39, 0.29) is 5.41 Å². The van der Waals surface area contributed by atoms with Crippen LogP contribution in [0, 0.1) is 5.41 Å². The van der Waals surface area contributed by atoms with Crippen LogP contribution < -0.4 is 10.5 Å². The molecular weight excluding hydrogens is 264 g/mol. The van der Waals surface area contributed by atoms with Crippen LogP contribution in [0.25, 0.3) is 0 Å². The minimum atomic E-state index is -0.736. The zero-order valence-electron chi connectivity index (χ0n) is 12.8. The predicted molar refractivity (Wildman–Crippen MR) is 83.4 cm³/mol. The van der Waals surface area contributed by atoms with E-state index in [1.807, 2.05) is 18.2 Å². The van der Waals surface area contributed by atoms with E-state index in [2.05, 4.69) is 18.0 Å². The van der Waals surface area contributed by atoms with E-state index >= 15 is 0 Å². The molecule has 0 aliphatic carbocycles. The Hall–Kier alpha value is -1.10. The summed E-state index contributed by atoms with van der Waals surface area (Å²) in [5.74, 6) is 0.941. The van der Waals surface area contributed by atoms with Gasteiger partial charge in [0.25, 0.3) is 0 Å². The molecule has 0 radical (unpaired) electrons. The van der Waals surface area contributed by atoms with Crippen molar-refractivity contribution in [3.8, 4) is 5.75 Å². The molecule has 3 N–H and O–H groups in total. The van der Waals surface area contributed by atoms with Gasteiger partial charge in [-0.25, -0.2) is 0 Å². The van der Waals surface area contributed by atoms with Gasteiger partial charge in [-0.2, -0.15) is 0 Å². The van der Waals surface area contributed by atoms with Gasteiger partial charge in [-0.1, -0.05) is 18.2 Å². The maximum Gasteiger partial charge on any atom is 0.122 e. The lowest BCUT2D eigenvalue weighted by Crippen LogP contribution is -2.58. The zero-order chi connectivity index (χ0) is 14.9. The van der Waals surface area contributed by atoms with E-state index in [0.717, 1.165) is 44.5 Å². The van der Waals surface area contributed by atoms with E-state index in [4.69, 9.17) is 10.5 Å². The Morgan fingerprint density at radius 2 is 2.10 bits per heavy atom. The fourth-order valence-electron chi connectivity index (χ4n) is 3.83. The fourth-order valence-corrected chi connectivity index (χ4v) is 3.83. The minimum absolute atomic E-state index is 0.369. The number of para-hydroxylation sites is 1. The molecule has 1 saturated heterocycles.